The summed E-state index contributed by atoms with van der Waals surface area (Å²) in [5.41, 5.74) is 4.29. The van der Waals surface area contributed by atoms with Crippen molar-refractivity contribution >= 4 is 17.3 Å². The molecule has 0 aliphatic carbocycles. The molecule has 3 nitrogen and oxygen atoms in total. The maximum Gasteiger partial charge on any atom is 0.308 e. The van der Waals surface area contributed by atoms with E-state index in [0.717, 1.165) is 16.9 Å². The smallest absolute Gasteiger partial charge is 0.308 e. The molecular weight excluding hydrogens is 262 g/mol. The summed E-state index contributed by atoms with van der Waals surface area (Å²) >= 11 is 0. The molecule has 0 saturated heterocycles. The highest BCUT2D eigenvalue weighted by Crippen LogP contribution is 2.18. The van der Waals surface area contributed by atoms with Gasteiger partial charge in [-0.3, -0.25) is 4.79 Å². The van der Waals surface area contributed by atoms with Crippen LogP contribution in [0.1, 0.15) is 25.0 Å². The summed E-state index contributed by atoms with van der Waals surface area (Å²) < 4.78 is 5.20. The average molecular weight is 283 g/mol. The van der Waals surface area contributed by atoms with Crippen molar-refractivity contribution in [2.45, 2.75) is 27.4 Å². The van der Waals surface area contributed by atoms with Crippen LogP contribution in [-0.2, 0) is 16.1 Å². The zero-order valence-electron chi connectivity index (χ0n) is 12.7. The largest absolute Gasteiger partial charge is 0.461 e. The number of ether oxygens (including phenoxy) is 1. The van der Waals surface area contributed by atoms with E-state index in [9.17, 15) is 4.79 Å². The van der Waals surface area contributed by atoms with Crippen LogP contribution in [0.4, 0.5) is 11.4 Å². The molecule has 2 aromatic rings. The van der Waals surface area contributed by atoms with Crippen molar-refractivity contribution in [3.05, 3.63) is 59.7 Å². The Labute approximate surface area is 126 Å². The zero-order chi connectivity index (χ0) is 15.2. The Balaban J connectivity index is 1.92. The minimum Gasteiger partial charge on any atom is -0.461 e. The summed E-state index contributed by atoms with van der Waals surface area (Å²) in [5.74, 6) is -0.260. The van der Waals surface area contributed by atoms with Crippen molar-refractivity contribution in [1.29, 1.82) is 0 Å². The summed E-state index contributed by atoms with van der Waals surface area (Å²) in [6.45, 7) is 6.05. The summed E-state index contributed by atoms with van der Waals surface area (Å²) in [6, 6.07) is 16.1. The van der Waals surface area contributed by atoms with E-state index in [1.807, 2.05) is 50.2 Å². The van der Waals surface area contributed by atoms with Crippen LogP contribution in [-0.4, -0.2) is 5.97 Å². The fourth-order valence-electron chi connectivity index (χ4n) is 1.81. The van der Waals surface area contributed by atoms with Gasteiger partial charge in [-0.15, -0.1) is 0 Å². The molecule has 0 amide bonds. The molecule has 0 saturated carbocycles. The minimum absolute atomic E-state index is 0.0903. The van der Waals surface area contributed by atoms with E-state index in [4.69, 9.17) is 4.74 Å². The predicted octanol–water partition coefficient (Wildman–Crippen LogP) is 4.44. The van der Waals surface area contributed by atoms with Crippen LogP contribution in [0.25, 0.3) is 0 Å². The third kappa shape index (κ3) is 4.63. The Hall–Kier alpha value is -2.29. The van der Waals surface area contributed by atoms with Gasteiger partial charge in [0.1, 0.15) is 6.61 Å². The van der Waals surface area contributed by atoms with Crippen LogP contribution in [0.3, 0.4) is 0 Å². The van der Waals surface area contributed by atoms with E-state index in [-0.39, 0.29) is 11.9 Å². The second-order valence-electron chi connectivity index (χ2n) is 5.45. The van der Waals surface area contributed by atoms with Gasteiger partial charge in [-0.25, -0.2) is 0 Å². The van der Waals surface area contributed by atoms with Gasteiger partial charge in [0, 0.05) is 11.4 Å². The molecule has 2 rings (SSSR count). The fraction of sp³-hybridized carbons (Fsp3) is 0.278. The number of anilines is 2. The van der Waals surface area contributed by atoms with Crippen molar-refractivity contribution in [2.75, 3.05) is 5.32 Å². The average Bonchev–Trinajstić information content (AvgIpc) is 2.48. The molecular formula is C18H21NO2. The van der Waals surface area contributed by atoms with Gasteiger partial charge >= 0.3 is 5.97 Å². The van der Waals surface area contributed by atoms with E-state index in [2.05, 4.69) is 24.4 Å². The molecule has 110 valence electrons. The first-order chi connectivity index (χ1) is 10.0. The first-order valence-electron chi connectivity index (χ1n) is 7.14. The number of aryl methyl sites for hydroxylation is 1. The zero-order valence-corrected chi connectivity index (χ0v) is 12.7. The number of hydrogen-bond acceptors (Lipinski definition) is 3. The lowest BCUT2D eigenvalue weighted by molar-refractivity contribution is -0.148. The summed E-state index contributed by atoms with van der Waals surface area (Å²) in [5, 5.41) is 3.33. The van der Waals surface area contributed by atoms with E-state index < -0.39 is 0 Å². The highest BCUT2D eigenvalue weighted by atomic mass is 16.5. The van der Waals surface area contributed by atoms with Gasteiger partial charge in [0.05, 0.1) is 5.92 Å². The second-order valence-corrected chi connectivity index (χ2v) is 5.45. The molecule has 0 spiro atoms. The van der Waals surface area contributed by atoms with Gasteiger partial charge in [0.2, 0.25) is 0 Å². The van der Waals surface area contributed by atoms with E-state index in [0.29, 0.717) is 6.61 Å². The summed E-state index contributed by atoms with van der Waals surface area (Å²) in [4.78, 5) is 11.4. The predicted molar refractivity (Wildman–Crippen MR) is 85.5 cm³/mol. The quantitative estimate of drug-likeness (QED) is 0.824. The van der Waals surface area contributed by atoms with Crippen LogP contribution < -0.4 is 5.32 Å². The molecule has 1 N–H and O–H groups in total. The molecule has 2 aromatic carbocycles. The molecule has 0 fully saturated rings. The van der Waals surface area contributed by atoms with Gasteiger partial charge in [0.25, 0.3) is 0 Å². The van der Waals surface area contributed by atoms with Gasteiger partial charge in [-0.2, -0.15) is 0 Å². The Morgan fingerprint density at radius 3 is 2.05 bits per heavy atom. The van der Waals surface area contributed by atoms with Crippen LogP contribution in [0.2, 0.25) is 0 Å². The molecule has 0 heterocycles. The van der Waals surface area contributed by atoms with Crippen LogP contribution in [0, 0.1) is 12.8 Å². The molecule has 21 heavy (non-hydrogen) atoms. The number of carbonyl (C=O) groups excluding carboxylic acids is 1. The van der Waals surface area contributed by atoms with Crippen LogP contribution in [0.15, 0.2) is 48.5 Å². The maximum atomic E-state index is 11.4. The molecule has 0 atom stereocenters. The highest BCUT2D eigenvalue weighted by molar-refractivity contribution is 5.71. The number of hydrogen-bond donors (Lipinski definition) is 1. The Kier molecular flexibility index (Phi) is 4.99. The monoisotopic (exact) mass is 283 g/mol. The molecule has 0 bridgehead atoms. The summed E-state index contributed by atoms with van der Waals surface area (Å²) in [7, 11) is 0. The topological polar surface area (TPSA) is 38.3 Å². The second kappa shape index (κ2) is 6.93. The normalized spacial score (nSPS) is 10.5. The van der Waals surface area contributed by atoms with Crippen molar-refractivity contribution < 1.29 is 9.53 Å². The Bertz CT molecular complexity index is 586. The van der Waals surface area contributed by atoms with E-state index >= 15 is 0 Å². The van der Waals surface area contributed by atoms with E-state index in [1.165, 1.54) is 5.56 Å². The molecule has 0 aliphatic heterocycles. The fourth-order valence-corrected chi connectivity index (χ4v) is 1.81. The van der Waals surface area contributed by atoms with Crippen molar-refractivity contribution in [3.8, 4) is 0 Å². The lowest BCUT2D eigenvalue weighted by atomic mass is 10.2. The van der Waals surface area contributed by atoms with E-state index in [1.54, 1.807) is 0 Å². The SMILES string of the molecule is Cc1ccc(Nc2ccc(COC(=O)C(C)C)cc2)cc1. The lowest BCUT2D eigenvalue weighted by Crippen LogP contribution is -2.11. The van der Waals surface area contributed by atoms with Crippen molar-refractivity contribution in [2.24, 2.45) is 5.92 Å². The molecule has 0 aliphatic rings. The van der Waals surface area contributed by atoms with Gasteiger partial charge < -0.3 is 10.1 Å². The molecule has 0 radical (unpaired) electrons. The van der Waals surface area contributed by atoms with Crippen molar-refractivity contribution in [1.82, 2.24) is 0 Å². The first kappa shape index (κ1) is 15.1. The lowest BCUT2D eigenvalue weighted by Gasteiger charge is -2.09. The standard InChI is InChI=1S/C18H21NO2/c1-13(2)18(20)21-12-15-6-10-17(11-7-15)19-16-8-4-14(3)5-9-16/h4-11,13,19H,12H2,1-3H3. The Morgan fingerprint density at radius 2 is 1.52 bits per heavy atom. The van der Waals surface area contributed by atoms with Crippen LogP contribution in [0.5, 0.6) is 0 Å². The van der Waals surface area contributed by atoms with Gasteiger partial charge in [-0.05, 0) is 36.8 Å². The number of rotatable bonds is 5. The maximum absolute atomic E-state index is 11.4. The van der Waals surface area contributed by atoms with Crippen LogP contribution >= 0.6 is 0 Å². The number of esters is 1. The molecule has 0 aromatic heterocycles. The number of nitrogens with one attached hydrogen (secondary N) is 1. The highest BCUT2D eigenvalue weighted by Gasteiger charge is 2.08. The Morgan fingerprint density at radius 1 is 1.00 bits per heavy atom. The molecule has 3 heteroatoms. The first-order valence-corrected chi connectivity index (χ1v) is 7.14. The summed E-state index contributed by atoms with van der Waals surface area (Å²) in [6.07, 6.45) is 0. The number of benzene rings is 2. The third-order valence-corrected chi connectivity index (χ3v) is 3.15. The number of carbonyl (C=O) groups is 1. The third-order valence-electron chi connectivity index (χ3n) is 3.15. The minimum atomic E-state index is -0.170. The van der Waals surface area contributed by atoms with Gasteiger partial charge in [-0.1, -0.05) is 43.7 Å². The molecule has 0 unspecified atom stereocenters. The van der Waals surface area contributed by atoms with Crippen molar-refractivity contribution in [3.63, 3.8) is 0 Å². The van der Waals surface area contributed by atoms with Gasteiger partial charge in [0.15, 0.2) is 0 Å².